The van der Waals surface area contributed by atoms with Crippen LogP contribution in [0.15, 0.2) is 71.3 Å². The summed E-state index contributed by atoms with van der Waals surface area (Å²) in [6.45, 7) is 0. The van der Waals surface area contributed by atoms with Crippen molar-refractivity contribution in [3.05, 3.63) is 87.5 Å². The summed E-state index contributed by atoms with van der Waals surface area (Å²) >= 11 is 9.29. The number of ether oxygens (including phenoxy) is 1. The summed E-state index contributed by atoms with van der Waals surface area (Å²) in [7, 11) is 0. The number of pyridine rings is 1. The van der Waals surface area contributed by atoms with Gasteiger partial charge in [0.15, 0.2) is 0 Å². The van der Waals surface area contributed by atoms with E-state index in [1.807, 2.05) is 12.1 Å². The van der Waals surface area contributed by atoms with Crippen molar-refractivity contribution in [2.75, 3.05) is 0 Å². The molecule has 2 amide bonds. The predicted molar refractivity (Wildman–Crippen MR) is 105 cm³/mol. The second kappa shape index (κ2) is 8.66. The third-order valence-corrected chi connectivity index (χ3v) is 4.30. The molecule has 0 radical (unpaired) electrons. The van der Waals surface area contributed by atoms with E-state index < -0.39 is 11.8 Å². The van der Waals surface area contributed by atoms with Crippen LogP contribution in [0.1, 0.15) is 20.7 Å². The number of carbonyl (C=O) groups excluding carboxylic acids is 2. The molecule has 1 aromatic heterocycles. The van der Waals surface area contributed by atoms with Gasteiger partial charge in [-0.2, -0.15) is 0 Å². The maximum absolute atomic E-state index is 12.1. The van der Waals surface area contributed by atoms with Crippen LogP contribution in [0.5, 0.6) is 11.6 Å². The predicted octanol–water partition coefficient (Wildman–Crippen LogP) is 4.36. The van der Waals surface area contributed by atoms with E-state index in [9.17, 15) is 9.59 Å². The number of nitrogens with zero attached hydrogens (tertiary/aromatic N) is 1. The average Bonchev–Trinajstić information content (AvgIpc) is 2.68. The first-order valence-electron chi connectivity index (χ1n) is 7.77. The summed E-state index contributed by atoms with van der Waals surface area (Å²) in [5.74, 6) is -0.0703. The van der Waals surface area contributed by atoms with Gasteiger partial charge in [0.25, 0.3) is 11.8 Å². The molecule has 1 heterocycles. The zero-order valence-corrected chi connectivity index (χ0v) is 16.1. The van der Waals surface area contributed by atoms with Crippen LogP contribution in [0.25, 0.3) is 0 Å². The van der Waals surface area contributed by atoms with E-state index in [0.717, 1.165) is 4.47 Å². The van der Waals surface area contributed by atoms with Crippen molar-refractivity contribution in [1.29, 1.82) is 0 Å². The minimum Gasteiger partial charge on any atom is -0.439 e. The number of hydrogen-bond acceptors (Lipinski definition) is 4. The number of halogens is 2. The molecule has 0 bridgehead atoms. The van der Waals surface area contributed by atoms with Crippen molar-refractivity contribution in [3.63, 3.8) is 0 Å². The molecule has 136 valence electrons. The normalized spacial score (nSPS) is 10.1. The first-order chi connectivity index (χ1) is 13.0. The molecule has 0 aliphatic heterocycles. The molecule has 0 unspecified atom stereocenters. The number of rotatable bonds is 4. The number of carbonyl (C=O) groups is 2. The molecule has 0 saturated carbocycles. The molecule has 8 heteroatoms. The minimum absolute atomic E-state index is 0.260. The lowest BCUT2D eigenvalue weighted by Gasteiger charge is -2.09. The average molecular weight is 447 g/mol. The highest BCUT2D eigenvalue weighted by Gasteiger charge is 2.12. The van der Waals surface area contributed by atoms with Gasteiger partial charge in [-0.15, -0.1) is 0 Å². The molecule has 0 aliphatic rings. The molecule has 0 spiro atoms. The first-order valence-corrected chi connectivity index (χ1v) is 8.95. The fourth-order valence-electron chi connectivity index (χ4n) is 2.10. The van der Waals surface area contributed by atoms with Gasteiger partial charge >= 0.3 is 0 Å². The first kappa shape index (κ1) is 18.9. The van der Waals surface area contributed by atoms with Gasteiger partial charge in [0.1, 0.15) is 5.75 Å². The molecule has 3 rings (SSSR count). The Kier molecular flexibility index (Phi) is 6.05. The van der Waals surface area contributed by atoms with Crippen LogP contribution in [-0.4, -0.2) is 16.8 Å². The highest BCUT2D eigenvalue weighted by molar-refractivity contribution is 9.10. The Morgan fingerprint density at radius 1 is 0.926 bits per heavy atom. The third kappa shape index (κ3) is 5.06. The van der Waals surface area contributed by atoms with Crippen molar-refractivity contribution in [1.82, 2.24) is 15.8 Å². The van der Waals surface area contributed by atoms with Gasteiger partial charge < -0.3 is 4.74 Å². The summed E-state index contributed by atoms with van der Waals surface area (Å²) in [6.07, 6.45) is 1.35. The quantitative estimate of drug-likeness (QED) is 0.583. The number of hydrazine groups is 1. The van der Waals surface area contributed by atoms with E-state index in [4.69, 9.17) is 16.3 Å². The lowest BCUT2D eigenvalue weighted by atomic mass is 10.2. The van der Waals surface area contributed by atoms with E-state index in [0.29, 0.717) is 16.7 Å². The van der Waals surface area contributed by atoms with Crippen LogP contribution >= 0.6 is 27.5 Å². The van der Waals surface area contributed by atoms with Crippen molar-refractivity contribution in [3.8, 4) is 11.6 Å². The molecule has 2 N–H and O–H groups in total. The Morgan fingerprint density at radius 3 is 2.30 bits per heavy atom. The summed E-state index contributed by atoms with van der Waals surface area (Å²) in [5, 5.41) is 0.292. The molecule has 2 aromatic carbocycles. The van der Waals surface area contributed by atoms with Gasteiger partial charge in [-0.3, -0.25) is 20.4 Å². The van der Waals surface area contributed by atoms with Crippen LogP contribution in [0.4, 0.5) is 0 Å². The smallest absolute Gasteiger partial charge is 0.271 e. The van der Waals surface area contributed by atoms with Gasteiger partial charge in [0.05, 0.1) is 16.1 Å². The van der Waals surface area contributed by atoms with Crippen molar-refractivity contribution in [2.24, 2.45) is 0 Å². The SMILES string of the molecule is O=C(NNC(=O)c1ccccc1Cl)c1ccc(Oc2ccc(Br)cc2)nc1. The minimum atomic E-state index is -0.517. The second-order valence-electron chi connectivity index (χ2n) is 5.33. The lowest BCUT2D eigenvalue weighted by molar-refractivity contribution is 0.0846. The number of hydrogen-bond donors (Lipinski definition) is 2. The summed E-state index contributed by atoms with van der Waals surface area (Å²) < 4.78 is 6.53. The summed E-state index contributed by atoms with van der Waals surface area (Å²) in [4.78, 5) is 28.2. The Balaban J connectivity index is 1.58. The van der Waals surface area contributed by atoms with Gasteiger partial charge in [0, 0.05) is 16.7 Å². The summed E-state index contributed by atoms with van der Waals surface area (Å²) in [6, 6.07) is 16.9. The third-order valence-electron chi connectivity index (χ3n) is 3.44. The van der Waals surface area contributed by atoms with E-state index in [2.05, 4.69) is 31.8 Å². The van der Waals surface area contributed by atoms with E-state index in [1.54, 1.807) is 42.5 Å². The molecule has 6 nitrogen and oxygen atoms in total. The monoisotopic (exact) mass is 445 g/mol. The van der Waals surface area contributed by atoms with Gasteiger partial charge in [-0.25, -0.2) is 4.98 Å². The standard InChI is InChI=1S/C19H13BrClN3O3/c20-13-6-8-14(9-7-13)27-17-10-5-12(11-22-17)18(25)23-24-19(26)15-3-1-2-4-16(15)21/h1-11H,(H,23,25)(H,24,26). The Bertz CT molecular complexity index is 963. The molecule has 0 fully saturated rings. The number of benzene rings is 2. The fraction of sp³-hybridized carbons (Fsp3) is 0. The number of amides is 2. The molecular weight excluding hydrogens is 434 g/mol. The van der Waals surface area contributed by atoms with Gasteiger partial charge in [0.2, 0.25) is 5.88 Å². The van der Waals surface area contributed by atoms with Crippen molar-refractivity contribution >= 4 is 39.3 Å². The largest absolute Gasteiger partial charge is 0.439 e. The van der Waals surface area contributed by atoms with Crippen LogP contribution < -0.4 is 15.6 Å². The maximum Gasteiger partial charge on any atom is 0.271 e. The highest BCUT2D eigenvalue weighted by atomic mass is 79.9. The zero-order valence-electron chi connectivity index (χ0n) is 13.8. The Labute approximate surface area is 168 Å². The van der Waals surface area contributed by atoms with Gasteiger partial charge in [-0.1, -0.05) is 39.7 Å². The topological polar surface area (TPSA) is 80.3 Å². The van der Waals surface area contributed by atoms with Gasteiger partial charge in [-0.05, 0) is 42.5 Å². The van der Waals surface area contributed by atoms with Crippen molar-refractivity contribution in [2.45, 2.75) is 0 Å². The Morgan fingerprint density at radius 2 is 1.63 bits per heavy atom. The lowest BCUT2D eigenvalue weighted by Crippen LogP contribution is -2.41. The molecule has 27 heavy (non-hydrogen) atoms. The highest BCUT2D eigenvalue weighted by Crippen LogP contribution is 2.21. The molecule has 0 atom stereocenters. The van der Waals surface area contributed by atoms with Crippen LogP contribution in [0.3, 0.4) is 0 Å². The fourth-order valence-corrected chi connectivity index (χ4v) is 2.58. The summed E-state index contributed by atoms with van der Waals surface area (Å²) in [5.41, 5.74) is 5.15. The second-order valence-corrected chi connectivity index (χ2v) is 6.65. The Hall–Kier alpha value is -2.90. The zero-order chi connectivity index (χ0) is 19.2. The maximum atomic E-state index is 12.1. The number of nitrogens with one attached hydrogen (secondary N) is 2. The molecular formula is C19H13BrClN3O3. The van der Waals surface area contributed by atoms with E-state index >= 15 is 0 Å². The molecule has 0 aliphatic carbocycles. The van der Waals surface area contributed by atoms with Crippen LogP contribution in [-0.2, 0) is 0 Å². The van der Waals surface area contributed by atoms with Crippen LogP contribution in [0, 0.1) is 0 Å². The van der Waals surface area contributed by atoms with E-state index in [-0.39, 0.29) is 11.1 Å². The van der Waals surface area contributed by atoms with Crippen molar-refractivity contribution < 1.29 is 14.3 Å². The molecule has 0 saturated heterocycles. The van der Waals surface area contributed by atoms with E-state index in [1.165, 1.54) is 12.3 Å². The molecule has 3 aromatic rings. The number of aromatic nitrogens is 1. The van der Waals surface area contributed by atoms with Crippen LogP contribution in [0.2, 0.25) is 5.02 Å².